The van der Waals surface area contributed by atoms with Gasteiger partial charge in [-0.3, -0.25) is 14.5 Å². The molecule has 0 saturated carbocycles. The molecule has 2 rings (SSSR count). The highest BCUT2D eigenvalue weighted by atomic mass is 32.1. The predicted octanol–water partition coefficient (Wildman–Crippen LogP) is -0.0401. The second-order valence-corrected chi connectivity index (χ2v) is 5.21. The van der Waals surface area contributed by atoms with Crippen molar-refractivity contribution in [2.45, 2.75) is 19.5 Å². The predicted molar refractivity (Wildman–Crippen MR) is 71.1 cm³/mol. The van der Waals surface area contributed by atoms with Gasteiger partial charge in [0.1, 0.15) is 6.04 Å². The molecule has 8 heteroatoms. The van der Waals surface area contributed by atoms with Crippen molar-refractivity contribution in [3.8, 4) is 0 Å². The number of carbonyl (C=O) groups excluding carboxylic acids is 1. The Kier molecular flexibility index (Phi) is 4.46. The molecule has 2 heterocycles. The Hall–Kier alpha value is -1.51. The van der Waals surface area contributed by atoms with Crippen LogP contribution in [0, 0.1) is 0 Å². The van der Waals surface area contributed by atoms with Gasteiger partial charge in [-0.25, -0.2) is 4.98 Å². The molecular weight excluding hydrogens is 268 g/mol. The number of piperazine rings is 1. The van der Waals surface area contributed by atoms with Crippen molar-refractivity contribution in [1.82, 2.24) is 15.2 Å². The third kappa shape index (κ3) is 3.72. The molecule has 1 fully saturated rings. The molecule has 3 N–H and O–H groups in total. The lowest BCUT2D eigenvalue weighted by Gasteiger charge is -2.32. The smallest absolute Gasteiger partial charge is 0.322 e. The van der Waals surface area contributed by atoms with Gasteiger partial charge in [-0.05, 0) is 0 Å². The Bertz CT molecular complexity index is 476. The Balaban J connectivity index is 2.00. The number of anilines is 1. The van der Waals surface area contributed by atoms with Crippen LogP contribution in [0.25, 0.3) is 0 Å². The lowest BCUT2D eigenvalue weighted by atomic mass is 10.2. The van der Waals surface area contributed by atoms with Crippen LogP contribution in [0.5, 0.6) is 0 Å². The van der Waals surface area contributed by atoms with Crippen LogP contribution in [-0.2, 0) is 16.1 Å². The van der Waals surface area contributed by atoms with E-state index in [0.29, 0.717) is 24.8 Å². The fraction of sp³-hybridized carbons (Fsp3) is 0.545. The zero-order valence-electron chi connectivity index (χ0n) is 10.5. The zero-order valence-corrected chi connectivity index (χ0v) is 11.4. The van der Waals surface area contributed by atoms with E-state index in [4.69, 9.17) is 5.11 Å². The summed E-state index contributed by atoms with van der Waals surface area (Å²) in [6.07, 6.45) is 0. The molecule has 0 aromatic carbocycles. The van der Waals surface area contributed by atoms with Crippen LogP contribution < -0.4 is 10.6 Å². The number of aromatic nitrogens is 1. The maximum atomic E-state index is 11.1. The van der Waals surface area contributed by atoms with Crippen LogP contribution in [0.3, 0.4) is 0 Å². The van der Waals surface area contributed by atoms with E-state index in [1.807, 2.05) is 10.3 Å². The number of carbonyl (C=O) groups is 2. The molecule has 1 unspecified atom stereocenters. The molecule has 104 valence electrons. The number of nitrogens with zero attached hydrogens (tertiary/aromatic N) is 2. The highest BCUT2D eigenvalue weighted by molar-refractivity contribution is 7.13. The molecule has 0 bridgehead atoms. The van der Waals surface area contributed by atoms with Gasteiger partial charge in [0.25, 0.3) is 0 Å². The first-order chi connectivity index (χ1) is 9.06. The number of rotatable bonds is 4. The Morgan fingerprint density at radius 2 is 2.47 bits per heavy atom. The maximum absolute atomic E-state index is 11.1. The minimum atomic E-state index is -0.829. The number of thiazole rings is 1. The topological polar surface area (TPSA) is 94.6 Å². The van der Waals surface area contributed by atoms with Gasteiger partial charge in [0.05, 0.1) is 5.69 Å². The molecule has 0 aliphatic carbocycles. The summed E-state index contributed by atoms with van der Waals surface area (Å²) >= 11 is 1.34. The van der Waals surface area contributed by atoms with Gasteiger partial charge in [-0.15, -0.1) is 11.3 Å². The summed E-state index contributed by atoms with van der Waals surface area (Å²) in [6, 6.07) is -0.528. The minimum Gasteiger partial charge on any atom is -0.480 e. The minimum absolute atomic E-state index is 0.161. The second kappa shape index (κ2) is 6.09. The van der Waals surface area contributed by atoms with Crippen LogP contribution in [0.4, 0.5) is 5.13 Å². The first-order valence-corrected chi connectivity index (χ1v) is 6.84. The van der Waals surface area contributed by atoms with E-state index >= 15 is 0 Å². The quantitative estimate of drug-likeness (QED) is 0.718. The van der Waals surface area contributed by atoms with E-state index in [-0.39, 0.29) is 5.91 Å². The fourth-order valence-electron chi connectivity index (χ4n) is 1.97. The van der Waals surface area contributed by atoms with Crippen molar-refractivity contribution in [3.63, 3.8) is 0 Å². The van der Waals surface area contributed by atoms with Gasteiger partial charge in [0.2, 0.25) is 5.91 Å². The SMILES string of the molecule is CC(=O)Nc1nc(CN2CCNCC2C(=O)O)cs1. The van der Waals surface area contributed by atoms with Crippen molar-refractivity contribution >= 4 is 28.3 Å². The maximum Gasteiger partial charge on any atom is 0.322 e. The summed E-state index contributed by atoms with van der Waals surface area (Å²) in [5.74, 6) is -0.990. The first kappa shape index (κ1) is 13.9. The number of hydrogen-bond acceptors (Lipinski definition) is 6. The molecule has 1 aliphatic rings. The zero-order chi connectivity index (χ0) is 13.8. The summed E-state index contributed by atoms with van der Waals surface area (Å²) < 4.78 is 0. The molecule has 1 saturated heterocycles. The van der Waals surface area contributed by atoms with Crippen LogP contribution in [0.1, 0.15) is 12.6 Å². The van der Waals surface area contributed by atoms with Crippen LogP contribution in [0.2, 0.25) is 0 Å². The molecule has 1 aromatic heterocycles. The third-order valence-electron chi connectivity index (χ3n) is 2.84. The number of hydrogen-bond donors (Lipinski definition) is 3. The van der Waals surface area contributed by atoms with Crippen molar-refractivity contribution < 1.29 is 14.7 Å². The average molecular weight is 284 g/mol. The third-order valence-corrected chi connectivity index (χ3v) is 3.65. The monoisotopic (exact) mass is 284 g/mol. The van der Waals surface area contributed by atoms with Crippen LogP contribution >= 0.6 is 11.3 Å². The summed E-state index contributed by atoms with van der Waals surface area (Å²) in [5, 5.41) is 17.2. The standard InChI is InChI=1S/C11H16N4O3S/c1-7(16)13-11-14-8(6-19-11)5-15-3-2-12-4-9(15)10(17)18/h6,9,12H,2-5H2,1H3,(H,17,18)(H,13,14,16). The number of nitrogens with one attached hydrogen (secondary N) is 2. The largest absolute Gasteiger partial charge is 0.480 e. The lowest BCUT2D eigenvalue weighted by Crippen LogP contribution is -2.54. The van der Waals surface area contributed by atoms with E-state index in [1.54, 1.807) is 0 Å². The number of carboxylic acids is 1. The number of aliphatic carboxylic acids is 1. The van der Waals surface area contributed by atoms with Gasteiger partial charge in [0, 0.05) is 38.5 Å². The van der Waals surface area contributed by atoms with E-state index in [2.05, 4.69) is 15.6 Å². The van der Waals surface area contributed by atoms with E-state index in [0.717, 1.165) is 12.2 Å². The summed E-state index contributed by atoms with van der Waals surface area (Å²) in [5.41, 5.74) is 0.780. The lowest BCUT2D eigenvalue weighted by molar-refractivity contribution is -0.144. The van der Waals surface area contributed by atoms with Gasteiger partial charge in [-0.1, -0.05) is 0 Å². The normalized spacial score (nSPS) is 20.2. The second-order valence-electron chi connectivity index (χ2n) is 4.35. The van der Waals surface area contributed by atoms with Crippen molar-refractivity contribution in [2.75, 3.05) is 25.0 Å². The molecule has 1 aromatic rings. The molecule has 0 radical (unpaired) electrons. The van der Waals surface area contributed by atoms with E-state index in [9.17, 15) is 9.59 Å². The van der Waals surface area contributed by atoms with Crippen molar-refractivity contribution in [3.05, 3.63) is 11.1 Å². The van der Waals surface area contributed by atoms with E-state index < -0.39 is 12.0 Å². The Labute approximate surface area is 114 Å². The number of amides is 1. The molecule has 19 heavy (non-hydrogen) atoms. The molecule has 1 aliphatic heterocycles. The summed E-state index contributed by atoms with van der Waals surface area (Å²) in [4.78, 5) is 28.2. The molecule has 0 spiro atoms. The Morgan fingerprint density at radius 1 is 1.68 bits per heavy atom. The molecule has 1 atom stereocenters. The van der Waals surface area contributed by atoms with Crippen LogP contribution in [-0.4, -0.2) is 52.5 Å². The van der Waals surface area contributed by atoms with Crippen molar-refractivity contribution in [2.24, 2.45) is 0 Å². The molecule has 7 nitrogen and oxygen atoms in total. The van der Waals surface area contributed by atoms with E-state index in [1.165, 1.54) is 18.3 Å². The highest BCUT2D eigenvalue weighted by Gasteiger charge is 2.28. The first-order valence-electron chi connectivity index (χ1n) is 5.96. The highest BCUT2D eigenvalue weighted by Crippen LogP contribution is 2.18. The molecular formula is C11H16N4O3S. The van der Waals surface area contributed by atoms with Gasteiger partial charge < -0.3 is 15.7 Å². The van der Waals surface area contributed by atoms with Crippen LogP contribution in [0.15, 0.2) is 5.38 Å². The summed E-state index contributed by atoms with van der Waals surface area (Å²) in [6.45, 7) is 3.79. The molecule has 1 amide bonds. The van der Waals surface area contributed by atoms with Gasteiger partial charge in [-0.2, -0.15) is 0 Å². The van der Waals surface area contributed by atoms with Gasteiger partial charge >= 0.3 is 5.97 Å². The number of carboxylic acid groups (broad SMARTS) is 1. The van der Waals surface area contributed by atoms with Gasteiger partial charge in [0.15, 0.2) is 5.13 Å². The fourth-order valence-corrected chi connectivity index (χ4v) is 2.72. The summed E-state index contributed by atoms with van der Waals surface area (Å²) in [7, 11) is 0. The average Bonchev–Trinajstić information content (AvgIpc) is 2.76. The Morgan fingerprint density at radius 3 is 3.16 bits per heavy atom. The van der Waals surface area contributed by atoms with Crippen molar-refractivity contribution in [1.29, 1.82) is 0 Å².